The Bertz CT molecular complexity index is 526. The van der Waals surface area contributed by atoms with Gasteiger partial charge in [0.1, 0.15) is 6.54 Å². The van der Waals surface area contributed by atoms with Gasteiger partial charge in [-0.15, -0.1) is 5.10 Å². The van der Waals surface area contributed by atoms with Crippen molar-refractivity contribution in [3.63, 3.8) is 0 Å². The molecule has 1 heterocycles. The number of hydrogen-bond donors (Lipinski definition) is 1. The summed E-state index contributed by atoms with van der Waals surface area (Å²) in [6, 6.07) is 0.132. The molecule has 2 aliphatic rings. The number of rotatable bonds is 4. The van der Waals surface area contributed by atoms with E-state index in [1.165, 1.54) is 4.90 Å². The molecule has 4 nitrogen and oxygen atoms in total. The largest absolute Gasteiger partial charge is 0.406 e. The Hall–Kier alpha value is -1.05. The van der Waals surface area contributed by atoms with Crippen molar-refractivity contribution in [2.45, 2.75) is 56.8 Å². The average Bonchev–Trinajstić information content (AvgIpc) is 2.92. The quantitative estimate of drug-likeness (QED) is 0.864. The molecule has 0 unspecified atom stereocenters. The van der Waals surface area contributed by atoms with Crippen LogP contribution in [0.2, 0.25) is 0 Å². The summed E-state index contributed by atoms with van der Waals surface area (Å²) in [6.07, 6.45) is 1.48. The van der Waals surface area contributed by atoms with Crippen LogP contribution < -0.4 is 4.90 Å². The van der Waals surface area contributed by atoms with Gasteiger partial charge in [-0.25, -0.2) is 5.10 Å². The van der Waals surface area contributed by atoms with Crippen LogP contribution in [0, 0.1) is 4.77 Å². The van der Waals surface area contributed by atoms with E-state index in [-0.39, 0.29) is 12.1 Å². The third-order valence-electron chi connectivity index (χ3n) is 3.97. The van der Waals surface area contributed by atoms with E-state index in [0.717, 1.165) is 38.5 Å². The summed E-state index contributed by atoms with van der Waals surface area (Å²) in [7, 11) is 0. The molecular weight excluding hydrogens is 289 g/mol. The van der Waals surface area contributed by atoms with Crippen molar-refractivity contribution in [3.8, 4) is 0 Å². The van der Waals surface area contributed by atoms with Crippen molar-refractivity contribution < 1.29 is 13.2 Å². The number of aromatic nitrogens is 3. The molecule has 2 saturated carbocycles. The summed E-state index contributed by atoms with van der Waals surface area (Å²) in [6.45, 7) is -0.954. The number of hydrogen-bond acceptors (Lipinski definition) is 3. The number of nitrogens with one attached hydrogen (secondary N) is 1. The minimum atomic E-state index is -4.23. The van der Waals surface area contributed by atoms with Crippen LogP contribution in [0.25, 0.3) is 0 Å². The fourth-order valence-corrected chi connectivity index (χ4v) is 3.21. The van der Waals surface area contributed by atoms with E-state index in [1.807, 2.05) is 0 Å². The van der Waals surface area contributed by atoms with Crippen LogP contribution >= 0.6 is 12.2 Å². The summed E-state index contributed by atoms with van der Waals surface area (Å²) in [4.78, 5) is 1.37. The smallest absolute Gasteiger partial charge is 0.329 e. The van der Waals surface area contributed by atoms with Gasteiger partial charge in [0, 0.05) is 12.1 Å². The molecule has 0 amide bonds. The zero-order valence-electron chi connectivity index (χ0n) is 11.0. The fraction of sp³-hybridized carbons (Fsp3) is 0.833. The molecule has 1 aromatic rings. The second-order valence-electron chi connectivity index (χ2n) is 5.61. The molecule has 3 rings (SSSR count). The molecule has 1 aromatic heterocycles. The number of H-pyrrole nitrogens is 1. The number of halogens is 3. The molecule has 0 spiro atoms. The van der Waals surface area contributed by atoms with Gasteiger partial charge in [-0.3, -0.25) is 4.57 Å². The molecule has 1 N–H and O–H groups in total. The van der Waals surface area contributed by atoms with Gasteiger partial charge in [0.15, 0.2) is 4.77 Å². The van der Waals surface area contributed by atoms with E-state index in [2.05, 4.69) is 10.2 Å². The molecule has 0 saturated heterocycles. The van der Waals surface area contributed by atoms with Crippen LogP contribution in [0.5, 0.6) is 0 Å². The third kappa shape index (κ3) is 2.84. The molecule has 0 aliphatic heterocycles. The maximum absolute atomic E-state index is 12.8. The lowest BCUT2D eigenvalue weighted by molar-refractivity contribution is -0.120. The highest BCUT2D eigenvalue weighted by molar-refractivity contribution is 7.71. The second-order valence-corrected chi connectivity index (χ2v) is 6.00. The predicted octanol–water partition coefficient (Wildman–Crippen LogP) is 3.59. The Morgan fingerprint density at radius 1 is 1.25 bits per heavy atom. The Morgan fingerprint density at radius 2 is 1.90 bits per heavy atom. The highest BCUT2D eigenvalue weighted by Crippen LogP contribution is 2.37. The van der Waals surface area contributed by atoms with Gasteiger partial charge < -0.3 is 4.90 Å². The van der Waals surface area contributed by atoms with Crippen molar-refractivity contribution in [1.29, 1.82) is 0 Å². The van der Waals surface area contributed by atoms with Gasteiger partial charge in [0.2, 0.25) is 5.95 Å². The minimum absolute atomic E-state index is 0.0537. The topological polar surface area (TPSA) is 36.9 Å². The van der Waals surface area contributed by atoms with Crippen LogP contribution in [0.3, 0.4) is 0 Å². The number of alkyl halides is 3. The number of aromatic amines is 1. The lowest BCUT2D eigenvalue weighted by atomic mass is 10.2. The summed E-state index contributed by atoms with van der Waals surface area (Å²) >= 11 is 5.21. The molecular formula is C12H17F3N4S. The van der Waals surface area contributed by atoms with Crippen LogP contribution in [-0.4, -0.2) is 33.5 Å². The highest BCUT2D eigenvalue weighted by atomic mass is 32.1. The fourth-order valence-electron chi connectivity index (χ4n) is 2.93. The van der Waals surface area contributed by atoms with Crippen LogP contribution in [0.1, 0.15) is 44.6 Å². The Labute approximate surface area is 120 Å². The van der Waals surface area contributed by atoms with E-state index in [1.54, 1.807) is 4.57 Å². The normalized spacial score (nSPS) is 20.6. The van der Waals surface area contributed by atoms with Crippen molar-refractivity contribution in [2.75, 3.05) is 11.4 Å². The first kappa shape index (κ1) is 13.9. The van der Waals surface area contributed by atoms with Crippen LogP contribution in [-0.2, 0) is 0 Å². The monoisotopic (exact) mass is 306 g/mol. The molecule has 2 aliphatic carbocycles. The molecule has 0 bridgehead atoms. The first-order valence-electron chi connectivity index (χ1n) is 6.96. The Kier molecular flexibility index (Phi) is 3.51. The van der Waals surface area contributed by atoms with Gasteiger partial charge in [-0.05, 0) is 37.9 Å². The van der Waals surface area contributed by atoms with E-state index in [0.29, 0.717) is 10.7 Å². The van der Waals surface area contributed by atoms with Gasteiger partial charge >= 0.3 is 6.18 Å². The molecule has 2 fully saturated rings. The highest BCUT2D eigenvalue weighted by Gasteiger charge is 2.41. The third-order valence-corrected chi connectivity index (χ3v) is 4.26. The van der Waals surface area contributed by atoms with Gasteiger partial charge in [-0.2, -0.15) is 13.2 Å². The van der Waals surface area contributed by atoms with E-state index >= 15 is 0 Å². The zero-order chi connectivity index (χ0) is 14.3. The second kappa shape index (κ2) is 5.05. The Morgan fingerprint density at radius 3 is 2.45 bits per heavy atom. The lowest BCUT2D eigenvalue weighted by Crippen LogP contribution is -2.38. The maximum Gasteiger partial charge on any atom is 0.406 e. The molecule has 0 atom stereocenters. The minimum Gasteiger partial charge on any atom is -0.329 e. The van der Waals surface area contributed by atoms with Crippen molar-refractivity contribution >= 4 is 18.2 Å². The number of anilines is 1. The van der Waals surface area contributed by atoms with E-state index in [4.69, 9.17) is 12.2 Å². The van der Waals surface area contributed by atoms with Crippen LogP contribution in [0.4, 0.5) is 19.1 Å². The first-order valence-corrected chi connectivity index (χ1v) is 7.37. The van der Waals surface area contributed by atoms with Crippen LogP contribution in [0.15, 0.2) is 0 Å². The average molecular weight is 306 g/mol. The van der Waals surface area contributed by atoms with E-state index in [9.17, 15) is 13.2 Å². The van der Waals surface area contributed by atoms with Crippen molar-refractivity contribution in [1.82, 2.24) is 14.8 Å². The van der Waals surface area contributed by atoms with Crippen molar-refractivity contribution in [2.24, 2.45) is 0 Å². The number of nitrogens with zero attached hydrogens (tertiary/aromatic N) is 3. The molecule has 112 valence electrons. The van der Waals surface area contributed by atoms with Gasteiger partial charge in [-0.1, -0.05) is 12.8 Å². The standard InChI is InChI=1S/C12H17F3N4S/c13-12(14,15)7-18(8-5-6-8)10-16-17-11(20)19(10)9-3-1-2-4-9/h8-9H,1-7H2,(H,17,20). The SMILES string of the molecule is FC(F)(F)CN(c1n[nH]c(=S)n1C1CCCC1)C1CC1. The molecule has 20 heavy (non-hydrogen) atoms. The summed E-state index contributed by atoms with van der Waals surface area (Å²) in [5, 5.41) is 6.75. The Balaban J connectivity index is 1.92. The zero-order valence-corrected chi connectivity index (χ0v) is 11.8. The first-order chi connectivity index (χ1) is 9.46. The van der Waals surface area contributed by atoms with Gasteiger partial charge in [0.25, 0.3) is 0 Å². The lowest BCUT2D eigenvalue weighted by Gasteiger charge is -2.26. The molecule has 0 radical (unpaired) electrons. The summed E-state index contributed by atoms with van der Waals surface area (Å²) < 4.78 is 40.6. The molecule has 0 aromatic carbocycles. The van der Waals surface area contributed by atoms with Gasteiger partial charge in [0.05, 0.1) is 0 Å². The van der Waals surface area contributed by atoms with Crippen molar-refractivity contribution in [3.05, 3.63) is 4.77 Å². The van der Waals surface area contributed by atoms with E-state index < -0.39 is 12.7 Å². The predicted molar refractivity (Wildman–Crippen MR) is 71.3 cm³/mol. The summed E-state index contributed by atoms with van der Waals surface area (Å²) in [5.74, 6) is 0.363. The summed E-state index contributed by atoms with van der Waals surface area (Å²) in [5.41, 5.74) is 0. The molecule has 8 heteroatoms. The maximum atomic E-state index is 12.8.